The van der Waals surface area contributed by atoms with E-state index >= 15 is 0 Å². The second kappa shape index (κ2) is 6.95. The van der Waals surface area contributed by atoms with Crippen LogP contribution in [0.25, 0.3) is 0 Å². The number of benzene rings is 1. The Kier molecular flexibility index (Phi) is 5.84. The van der Waals surface area contributed by atoms with Gasteiger partial charge < -0.3 is 15.4 Å². The standard InChI is InChI=1S/C15H22N2O2.ClH/c1-3-19-13-6-4-5-12(9-13)14(18)17-8-7-15(2,10-16)11-17;/h4-6,9H,3,7-8,10-11,16H2,1-2H3;1H. The fraction of sp³-hybridized carbons (Fsp3) is 0.533. The molecule has 1 heterocycles. The van der Waals surface area contributed by atoms with E-state index < -0.39 is 0 Å². The van der Waals surface area contributed by atoms with Gasteiger partial charge in [-0.1, -0.05) is 13.0 Å². The Balaban J connectivity index is 0.00000200. The molecule has 1 aliphatic rings. The second-order valence-corrected chi connectivity index (χ2v) is 5.45. The van der Waals surface area contributed by atoms with Crippen molar-refractivity contribution in [3.63, 3.8) is 0 Å². The van der Waals surface area contributed by atoms with Crippen LogP contribution in [0.15, 0.2) is 24.3 Å². The van der Waals surface area contributed by atoms with Gasteiger partial charge in [0.2, 0.25) is 0 Å². The Labute approximate surface area is 126 Å². The summed E-state index contributed by atoms with van der Waals surface area (Å²) in [5.74, 6) is 0.813. The first-order chi connectivity index (χ1) is 9.08. The van der Waals surface area contributed by atoms with Crippen LogP contribution < -0.4 is 10.5 Å². The van der Waals surface area contributed by atoms with Gasteiger partial charge in [0.1, 0.15) is 5.75 Å². The van der Waals surface area contributed by atoms with Crippen LogP contribution in [0.1, 0.15) is 30.6 Å². The van der Waals surface area contributed by atoms with E-state index in [0.29, 0.717) is 18.7 Å². The SMILES string of the molecule is CCOc1cccc(C(=O)N2CCC(C)(CN)C2)c1.Cl. The molecule has 1 saturated heterocycles. The zero-order valence-corrected chi connectivity index (χ0v) is 12.9. The average molecular weight is 299 g/mol. The summed E-state index contributed by atoms with van der Waals surface area (Å²) in [5, 5.41) is 0. The Morgan fingerprint density at radius 2 is 2.25 bits per heavy atom. The summed E-state index contributed by atoms with van der Waals surface area (Å²) in [6.07, 6.45) is 0.973. The highest BCUT2D eigenvalue weighted by Crippen LogP contribution is 2.29. The third-order valence-corrected chi connectivity index (χ3v) is 3.73. The number of carbonyl (C=O) groups excluding carboxylic acids is 1. The molecule has 1 fully saturated rings. The highest BCUT2D eigenvalue weighted by atomic mass is 35.5. The lowest BCUT2D eigenvalue weighted by molar-refractivity contribution is 0.0776. The second-order valence-electron chi connectivity index (χ2n) is 5.45. The first-order valence-electron chi connectivity index (χ1n) is 6.80. The molecule has 1 unspecified atom stereocenters. The molecule has 5 heteroatoms. The molecule has 1 amide bonds. The van der Waals surface area contributed by atoms with Gasteiger partial charge in [0.05, 0.1) is 6.61 Å². The first kappa shape index (κ1) is 16.8. The number of nitrogens with zero attached hydrogens (tertiary/aromatic N) is 1. The average Bonchev–Trinajstić information content (AvgIpc) is 2.82. The van der Waals surface area contributed by atoms with E-state index in [2.05, 4.69) is 6.92 Å². The highest BCUT2D eigenvalue weighted by molar-refractivity contribution is 5.94. The van der Waals surface area contributed by atoms with Crippen molar-refractivity contribution in [3.8, 4) is 5.75 Å². The molecule has 1 atom stereocenters. The van der Waals surface area contributed by atoms with Crippen molar-refractivity contribution in [3.05, 3.63) is 29.8 Å². The number of hydrogen-bond acceptors (Lipinski definition) is 3. The van der Waals surface area contributed by atoms with E-state index in [1.807, 2.05) is 36.1 Å². The minimum absolute atomic E-state index is 0. The van der Waals surface area contributed by atoms with Crippen LogP contribution in [0.2, 0.25) is 0 Å². The first-order valence-corrected chi connectivity index (χ1v) is 6.80. The number of amides is 1. The molecular weight excluding hydrogens is 276 g/mol. The lowest BCUT2D eigenvalue weighted by atomic mass is 9.90. The molecular formula is C15H23ClN2O2. The summed E-state index contributed by atoms with van der Waals surface area (Å²) in [7, 11) is 0. The van der Waals surface area contributed by atoms with Crippen molar-refractivity contribution in [1.29, 1.82) is 0 Å². The van der Waals surface area contributed by atoms with Crippen molar-refractivity contribution < 1.29 is 9.53 Å². The van der Waals surface area contributed by atoms with E-state index in [1.165, 1.54) is 0 Å². The van der Waals surface area contributed by atoms with Gasteiger partial charge in [-0.25, -0.2) is 0 Å². The van der Waals surface area contributed by atoms with Gasteiger partial charge in [0.25, 0.3) is 5.91 Å². The number of hydrogen-bond donors (Lipinski definition) is 1. The number of likely N-dealkylation sites (tertiary alicyclic amines) is 1. The van der Waals surface area contributed by atoms with E-state index in [1.54, 1.807) is 0 Å². The Morgan fingerprint density at radius 3 is 2.85 bits per heavy atom. The highest BCUT2D eigenvalue weighted by Gasteiger charge is 2.35. The van der Waals surface area contributed by atoms with E-state index in [0.717, 1.165) is 25.3 Å². The molecule has 1 aromatic rings. The molecule has 0 aliphatic carbocycles. The fourth-order valence-electron chi connectivity index (χ4n) is 2.43. The number of halogens is 1. The summed E-state index contributed by atoms with van der Waals surface area (Å²) in [6.45, 7) is 6.81. The summed E-state index contributed by atoms with van der Waals surface area (Å²) < 4.78 is 5.43. The molecule has 0 radical (unpaired) electrons. The van der Waals surface area contributed by atoms with Crippen molar-refractivity contribution in [1.82, 2.24) is 4.90 Å². The minimum atomic E-state index is 0. The number of rotatable bonds is 4. The minimum Gasteiger partial charge on any atom is -0.494 e. The maximum absolute atomic E-state index is 12.4. The Bertz CT molecular complexity index is 467. The smallest absolute Gasteiger partial charge is 0.254 e. The fourth-order valence-corrected chi connectivity index (χ4v) is 2.43. The molecule has 0 bridgehead atoms. The van der Waals surface area contributed by atoms with Crippen molar-refractivity contribution in [2.75, 3.05) is 26.2 Å². The quantitative estimate of drug-likeness (QED) is 0.928. The summed E-state index contributed by atoms with van der Waals surface area (Å²) in [4.78, 5) is 14.3. The molecule has 2 rings (SSSR count). The molecule has 20 heavy (non-hydrogen) atoms. The Hall–Kier alpha value is -1.26. The third-order valence-electron chi connectivity index (χ3n) is 3.73. The number of nitrogens with two attached hydrogens (primary N) is 1. The summed E-state index contributed by atoms with van der Waals surface area (Å²) >= 11 is 0. The van der Waals surface area contributed by atoms with Crippen LogP contribution in [0.5, 0.6) is 5.75 Å². The van der Waals surface area contributed by atoms with Gasteiger partial charge in [-0.2, -0.15) is 0 Å². The molecule has 0 saturated carbocycles. The van der Waals surface area contributed by atoms with Gasteiger partial charge in [-0.15, -0.1) is 12.4 Å². The van der Waals surface area contributed by atoms with E-state index in [9.17, 15) is 4.79 Å². The Morgan fingerprint density at radius 1 is 1.50 bits per heavy atom. The molecule has 112 valence electrons. The van der Waals surface area contributed by atoms with Crippen LogP contribution >= 0.6 is 12.4 Å². The molecule has 4 nitrogen and oxygen atoms in total. The zero-order valence-electron chi connectivity index (χ0n) is 12.1. The third kappa shape index (κ3) is 3.64. The summed E-state index contributed by atoms with van der Waals surface area (Å²) in [5.41, 5.74) is 6.52. The molecule has 1 aliphatic heterocycles. The predicted octanol–water partition coefficient (Wildman–Crippen LogP) is 2.32. The van der Waals surface area contributed by atoms with Crippen LogP contribution in [-0.4, -0.2) is 37.0 Å². The normalized spacial score (nSPS) is 21.4. The van der Waals surface area contributed by atoms with Crippen LogP contribution in [0, 0.1) is 5.41 Å². The molecule has 2 N–H and O–H groups in total. The topological polar surface area (TPSA) is 55.6 Å². The van der Waals surface area contributed by atoms with Crippen molar-refractivity contribution in [2.45, 2.75) is 20.3 Å². The number of carbonyl (C=O) groups is 1. The lowest BCUT2D eigenvalue weighted by Crippen LogP contribution is -2.34. The van der Waals surface area contributed by atoms with Gasteiger partial charge in [0, 0.05) is 18.7 Å². The molecule has 0 aromatic heterocycles. The maximum atomic E-state index is 12.4. The van der Waals surface area contributed by atoms with Crippen LogP contribution in [0.4, 0.5) is 0 Å². The number of ether oxygens (including phenoxy) is 1. The molecule has 0 spiro atoms. The van der Waals surface area contributed by atoms with E-state index in [-0.39, 0.29) is 23.7 Å². The monoisotopic (exact) mass is 298 g/mol. The summed E-state index contributed by atoms with van der Waals surface area (Å²) in [6, 6.07) is 7.37. The van der Waals surface area contributed by atoms with E-state index in [4.69, 9.17) is 10.5 Å². The zero-order chi connectivity index (χ0) is 13.9. The van der Waals surface area contributed by atoms with Gasteiger partial charge >= 0.3 is 0 Å². The van der Waals surface area contributed by atoms with Crippen molar-refractivity contribution in [2.24, 2.45) is 11.1 Å². The molecule has 1 aromatic carbocycles. The van der Waals surface area contributed by atoms with Crippen LogP contribution in [-0.2, 0) is 0 Å². The lowest BCUT2D eigenvalue weighted by Gasteiger charge is -2.22. The van der Waals surface area contributed by atoms with Gasteiger partial charge in [0.15, 0.2) is 0 Å². The van der Waals surface area contributed by atoms with Crippen LogP contribution in [0.3, 0.4) is 0 Å². The van der Waals surface area contributed by atoms with Gasteiger partial charge in [-0.05, 0) is 43.5 Å². The maximum Gasteiger partial charge on any atom is 0.254 e. The van der Waals surface area contributed by atoms with Crippen molar-refractivity contribution >= 4 is 18.3 Å². The largest absolute Gasteiger partial charge is 0.494 e. The van der Waals surface area contributed by atoms with Gasteiger partial charge in [-0.3, -0.25) is 4.79 Å². The predicted molar refractivity (Wildman–Crippen MR) is 82.5 cm³/mol.